The standard InChI is InChI=1S/C10H18N/c1-4-10-5-2-8-11(7-1)9-3-6-10/h7,10H,1-6,8-9H2. The van der Waals surface area contributed by atoms with Gasteiger partial charge in [-0.15, -0.1) is 0 Å². The molecule has 3 rings (SSSR count). The quantitative estimate of drug-likeness (QED) is 0.515. The molecule has 0 aromatic carbocycles. The Morgan fingerprint density at radius 1 is 1.00 bits per heavy atom. The lowest BCUT2D eigenvalue weighted by molar-refractivity contribution is 0.219. The molecule has 0 aliphatic carbocycles. The molecule has 3 fully saturated rings. The molecule has 1 radical (unpaired) electrons. The average molecular weight is 152 g/mol. The maximum atomic E-state index is 2.54. The fourth-order valence-corrected chi connectivity index (χ4v) is 2.39. The van der Waals surface area contributed by atoms with E-state index in [4.69, 9.17) is 0 Å². The van der Waals surface area contributed by atoms with Crippen molar-refractivity contribution in [2.45, 2.75) is 38.5 Å². The maximum absolute atomic E-state index is 2.54. The first-order chi connectivity index (χ1) is 5.45. The Morgan fingerprint density at radius 2 is 1.73 bits per heavy atom. The van der Waals surface area contributed by atoms with Gasteiger partial charge in [-0.25, -0.2) is 0 Å². The molecule has 1 nitrogen and oxygen atoms in total. The Morgan fingerprint density at radius 3 is 2.45 bits per heavy atom. The molecule has 3 heterocycles. The average Bonchev–Trinajstić information content (AvgIpc) is 1.80. The van der Waals surface area contributed by atoms with Crippen molar-refractivity contribution in [1.29, 1.82) is 0 Å². The van der Waals surface area contributed by atoms with Crippen LogP contribution in [0.5, 0.6) is 0 Å². The molecular formula is C10H18N. The van der Waals surface area contributed by atoms with E-state index >= 15 is 0 Å². The Hall–Kier alpha value is -0.0400. The van der Waals surface area contributed by atoms with Crippen LogP contribution >= 0.6 is 0 Å². The number of hydrogen-bond acceptors (Lipinski definition) is 1. The summed E-state index contributed by atoms with van der Waals surface area (Å²) in [5.74, 6) is 1.06. The van der Waals surface area contributed by atoms with Crippen molar-refractivity contribution in [2.24, 2.45) is 5.92 Å². The van der Waals surface area contributed by atoms with E-state index in [9.17, 15) is 0 Å². The fraction of sp³-hybridized carbons (Fsp3) is 0.900. The second-order valence-electron chi connectivity index (χ2n) is 3.95. The molecule has 0 amide bonds. The first-order valence-electron chi connectivity index (χ1n) is 5.02. The zero-order valence-corrected chi connectivity index (χ0v) is 7.26. The second-order valence-corrected chi connectivity index (χ2v) is 3.95. The van der Waals surface area contributed by atoms with Crippen molar-refractivity contribution in [3.63, 3.8) is 0 Å². The number of nitrogens with zero attached hydrogens (tertiary/aromatic N) is 1. The van der Waals surface area contributed by atoms with Gasteiger partial charge in [0.15, 0.2) is 0 Å². The fourth-order valence-electron chi connectivity index (χ4n) is 2.39. The summed E-state index contributed by atoms with van der Waals surface area (Å²) in [6.45, 7) is 5.10. The predicted octanol–water partition coefficient (Wildman–Crippen LogP) is 2.43. The Labute approximate surface area is 69.8 Å². The Kier molecular flexibility index (Phi) is 2.47. The minimum atomic E-state index is 1.06. The van der Waals surface area contributed by atoms with E-state index in [1.54, 1.807) is 0 Å². The van der Waals surface area contributed by atoms with Crippen LogP contribution in [0.1, 0.15) is 38.5 Å². The van der Waals surface area contributed by atoms with Crippen LogP contribution in [0.25, 0.3) is 0 Å². The third-order valence-corrected chi connectivity index (χ3v) is 3.08. The van der Waals surface area contributed by atoms with Crippen LogP contribution in [-0.2, 0) is 0 Å². The number of rotatable bonds is 0. The van der Waals surface area contributed by atoms with Gasteiger partial charge in [0.1, 0.15) is 0 Å². The van der Waals surface area contributed by atoms with Crippen molar-refractivity contribution >= 4 is 0 Å². The van der Waals surface area contributed by atoms with Crippen LogP contribution in [0.3, 0.4) is 0 Å². The van der Waals surface area contributed by atoms with Crippen LogP contribution in [0.2, 0.25) is 0 Å². The molecule has 0 saturated carbocycles. The lowest BCUT2D eigenvalue weighted by Gasteiger charge is -2.31. The summed E-state index contributed by atoms with van der Waals surface area (Å²) in [6.07, 6.45) is 8.64. The van der Waals surface area contributed by atoms with Gasteiger partial charge < -0.3 is 0 Å². The van der Waals surface area contributed by atoms with Crippen LogP contribution in [0, 0.1) is 12.5 Å². The van der Waals surface area contributed by atoms with Crippen molar-refractivity contribution in [2.75, 3.05) is 13.1 Å². The van der Waals surface area contributed by atoms with E-state index in [1.165, 1.54) is 51.6 Å². The number of hydrogen-bond donors (Lipinski definition) is 0. The smallest absolute Gasteiger partial charge is 0.0251 e. The highest BCUT2D eigenvalue weighted by Gasteiger charge is 2.18. The number of fused-ring (bicyclic) bond motifs is 6. The van der Waals surface area contributed by atoms with Gasteiger partial charge >= 0.3 is 0 Å². The minimum Gasteiger partial charge on any atom is -0.299 e. The molecule has 3 saturated heterocycles. The van der Waals surface area contributed by atoms with Gasteiger partial charge in [-0.2, -0.15) is 0 Å². The molecule has 0 aromatic rings. The van der Waals surface area contributed by atoms with E-state index in [2.05, 4.69) is 11.4 Å². The normalized spacial score (nSPS) is 39.3. The zero-order chi connectivity index (χ0) is 7.52. The van der Waals surface area contributed by atoms with E-state index in [0.717, 1.165) is 5.92 Å². The van der Waals surface area contributed by atoms with Gasteiger partial charge in [0, 0.05) is 6.54 Å². The highest BCUT2D eigenvalue weighted by molar-refractivity contribution is 4.78. The lowest BCUT2D eigenvalue weighted by atomic mass is 9.89. The van der Waals surface area contributed by atoms with Crippen LogP contribution < -0.4 is 0 Å². The molecule has 0 atom stereocenters. The first-order valence-corrected chi connectivity index (χ1v) is 5.02. The van der Waals surface area contributed by atoms with Crippen LogP contribution in [-0.4, -0.2) is 18.0 Å². The highest BCUT2D eigenvalue weighted by atomic mass is 15.1. The van der Waals surface area contributed by atoms with Crippen LogP contribution in [0.15, 0.2) is 0 Å². The molecule has 0 aromatic heterocycles. The summed E-state index contributed by atoms with van der Waals surface area (Å²) in [6, 6.07) is 0. The molecular weight excluding hydrogens is 134 g/mol. The summed E-state index contributed by atoms with van der Waals surface area (Å²) in [7, 11) is 0. The SMILES string of the molecule is [CH]1CCC2CCCN1CCC2. The molecule has 0 unspecified atom stereocenters. The van der Waals surface area contributed by atoms with Gasteiger partial charge in [-0.05, 0) is 57.5 Å². The molecule has 3 aliphatic rings. The summed E-state index contributed by atoms with van der Waals surface area (Å²) in [5.41, 5.74) is 0. The maximum Gasteiger partial charge on any atom is 0.0251 e. The summed E-state index contributed by atoms with van der Waals surface area (Å²) >= 11 is 0. The highest BCUT2D eigenvalue weighted by Crippen LogP contribution is 2.26. The second kappa shape index (κ2) is 3.57. The van der Waals surface area contributed by atoms with Gasteiger partial charge in [-0.1, -0.05) is 0 Å². The van der Waals surface area contributed by atoms with E-state index in [1.807, 2.05) is 0 Å². The third kappa shape index (κ3) is 1.96. The minimum absolute atomic E-state index is 1.06. The largest absolute Gasteiger partial charge is 0.299 e. The monoisotopic (exact) mass is 152 g/mol. The summed E-state index contributed by atoms with van der Waals surface area (Å²) in [5, 5.41) is 0. The molecule has 63 valence electrons. The van der Waals surface area contributed by atoms with Crippen molar-refractivity contribution in [3.05, 3.63) is 6.54 Å². The molecule has 0 spiro atoms. The first kappa shape index (κ1) is 7.60. The Bertz CT molecular complexity index is 86.3. The zero-order valence-electron chi connectivity index (χ0n) is 7.26. The van der Waals surface area contributed by atoms with Gasteiger partial charge in [0.25, 0.3) is 0 Å². The van der Waals surface area contributed by atoms with Crippen molar-refractivity contribution < 1.29 is 0 Å². The van der Waals surface area contributed by atoms with Crippen LogP contribution in [0.4, 0.5) is 0 Å². The van der Waals surface area contributed by atoms with E-state index in [-0.39, 0.29) is 0 Å². The topological polar surface area (TPSA) is 3.24 Å². The molecule has 11 heavy (non-hydrogen) atoms. The van der Waals surface area contributed by atoms with Crippen molar-refractivity contribution in [3.8, 4) is 0 Å². The summed E-state index contributed by atoms with van der Waals surface area (Å²) < 4.78 is 0. The third-order valence-electron chi connectivity index (χ3n) is 3.08. The van der Waals surface area contributed by atoms with Gasteiger partial charge in [0.05, 0.1) is 0 Å². The van der Waals surface area contributed by atoms with E-state index in [0.29, 0.717) is 0 Å². The van der Waals surface area contributed by atoms with E-state index < -0.39 is 0 Å². The molecule has 2 bridgehead atoms. The van der Waals surface area contributed by atoms with Gasteiger partial charge in [-0.3, -0.25) is 4.90 Å². The Balaban J connectivity index is 1.96. The molecule has 0 N–H and O–H groups in total. The summed E-state index contributed by atoms with van der Waals surface area (Å²) in [4.78, 5) is 2.54. The molecule has 1 heteroatoms. The van der Waals surface area contributed by atoms with Crippen molar-refractivity contribution in [1.82, 2.24) is 4.90 Å². The lowest BCUT2D eigenvalue weighted by Crippen LogP contribution is -2.29. The predicted molar refractivity (Wildman–Crippen MR) is 47.1 cm³/mol. The van der Waals surface area contributed by atoms with Gasteiger partial charge in [0.2, 0.25) is 0 Å². The molecule has 3 aliphatic heterocycles.